The van der Waals surface area contributed by atoms with Gasteiger partial charge in [-0.2, -0.15) is 0 Å². The van der Waals surface area contributed by atoms with Gasteiger partial charge in [-0.1, -0.05) is 61.6 Å². The predicted octanol–water partition coefficient (Wildman–Crippen LogP) is 1.23. The molecule has 42 heavy (non-hydrogen) atoms. The maximum absolute atomic E-state index is 14.7. The molecular formula is C32H42N4O6. The van der Waals surface area contributed by atoms with Crippen LogP contribution in [0.15, 0.2) is 54.6 Å². The minimum absolute atomic E-state index is 0.130. The lowest BCUT2D eigenvalue weighted by Crippen LogP contribution is -2.57. The van der Waals surface area contributed by atoms with Crippen molar-refractivity contribution < 1.29 is 29.0 Å². The smallest absolute Gasteiger partial charge is 0.249 e. The fraction of sp³-hybridized carbons (Fsp3) is 0.594. The minimum Gasteiger partial charge on any atom is -0.394 e. The summed E-state index contributed by atoms with van der Waals surface area (Å²) >= 11 is 0. The van der Waals surface area contributed by atoms with Gasteiger partial charge in [0.05, 0.1) is 43.3 Å². The summed E-state index contributed by atoms with van der Waals surface area (Å²) in [6, 6.07) is 7.51. The number of aliphatic hydroxyl groups excluding tert-OH is 1. The van der Waals surface area contributed by atoms with E-state index >= 15 is 0 Å². The first-order chi connectivity index (χ1) is 20.3. The van der Waals surface area contributed by atoms with E-state index in [0.29, 0.717) is 45.9 Å². The Morgan fingerprint density at radius 3 is 2.29 bits per heavy atom. The number of amides is 3. The maximum atomic E-state index is 14.7. The van der Waals surface area contributed by atoms with Crippen LogP contribution in [0.1, 0.15) is 31.9 Å². The Hall–Kier alpha value is -3.05. The molecule has 3 fully saturated rings. The van der Waals surface area contributed by atoms with Gasteiger partial charge in [0.1, 0.15) is 11.6 Å². The van der Waals surface area contributed by atoms with Crippen LogP contribution in [-0.2, 0) is 23.9 Å². The first-order valence-electron chi connectivity index (χ1n) is 15.3. The predicted molar refractivity (Wildman–Crippen MR) is 155 cm³/mol. The fourth-order valence-electron chi connectivity index (χ4n) is 7.68. The third-order valence-electron chi connectivity index (χ3n) is 9.64. The largest absolute Gasteiger partial charge is 0.394 e. The number of benzene rings is 1. The van der Waals surface area contributed by atoms with Gasteiger partial charge in [-0.15, -0.1) is 0 Å². The van der Waals surface area contributed by atoms with Crippen molar-refractivity contribution >= 4 is 17.7 Å². The molecule has 6 atom stereocenters. The molecule has 5 aliphatic rings. The van der Waals surface area contributed by atoms with Crippen molar-refractivity contribution in [1.82, 2.24) is 19.6 Å². The van der Waals surface area contributed by atoms with Gasteiger partial charge in [-0.25, -0.2) is 0 Å². The van der Waals surface area contributed by atoms with E-state index in [1.54, 1.807) is 9.80 Å². The fourth-order valence-corrected chi connectivity index (χ4v) is 7.68. The van der Waals surface area contributed by atoms with Crippen LogP contribution in [0.2, 0.25) is 0 Å². The lowest BCUT2D eigenvalue weighted by atomic mass is 9.74. The Kier molecular flexibility index (Phi) is 7.99. The molecule has 6 rings (SSSR count). The van der Waals surface area contributed by atoms with Crippen LogP contribution in [0, 0.1) is 11.8 Å². The van der Waals surface area contributed by atoms with Gasteiger partial charge in [-0.05, 0) is 18.9 Å². The molecule has 1 spiro atoms. The summed E-state index contributed by atoms with van der Waals surface area (Å²) in [6.45, 7) is 9.07. The van der Waals surface area contributed by atoms with Crippen molar-refractivity contribution in [3.63, 3.8) is 0 Å². The average Bonchev–Trinajstić information content (AvgIpc) is 3.27. The lowest BCUT2D eigenvalue weighted by Gasteiger charge is -2.40. The number of ether oxygens (including phenoxy) is 2. The van der Waals surface area contributed by atoms with E-state index < -0.39 is 35.1 Å². The van der Waals surface area contributed by atoms with E-state index in [2.05, 4.69) is 4.90 Å². The molecule has 0 bridgehead atoms. The Morgan fingerprint density at radius 1 is 0.905 bits per heavy atom. The second kappa shape index (κ2) is 11.6. The van der Waals surface area contributed by atoms with Crippen LogP contribution in [-0.4, -0.2) is 125 Å². The third kappa shape index (κ3) is 4.69. The normalized spacial score (nSPS) is 33.8. The molecule has 10 nitrogen and oxygen atoms in total. The molecule has 1 aromatic carbocycles. The Bertz CT molecular complexity index is 1250. The van der Waals surface area contributed by atoms with E-state index in [0.717, 1.165) is 25.1 Å². The van der Waals surface area contributed by atoms with Crippen molar-refractivity contribution in [3.05, 3.63) is 60.2 Å². The second-order valence-electron chi connectivity index (χ2n) is 12.2. The molecule has 5 heterocycles. The number of hydrogen-bond acceptors (Lipinski definition) is 7. The van der Waals surface area contributed by atoms with Crippen molar-refractivity contribution in [3.8, 4) is 0 Å². The Labute approximate surface area is 247 Å². The summed E-state index contributed by atoms with van der Waals surface area (Å²) in [7, 11) is 0. The topological polar surface area (TPSA) is 103 Å². The zero-order chi connectivity index (χ0) is 29.5. The number of nitrogens with zero attached hydrogens (tertiary/aromatic N) is 4. The molecule has 1 unspecified atom stereocenters. The van der Waals surface area contributed by atoms with Crippen LogP contribution in [0.5, 0.6) is 0 Å². The first kappa shape index (κ1) is 29.0. The number of carbonyl (C=O) groups excluding carboxylic acids is 3. The van der Waals surface area contributed by atoms with Gasteiger partial charge < -0.3 is 29.3 Å². The third-order valence-corrected chi connectivity index (χ3v) is 9.64. The minimum atomic E-state index is -1.35. The zero-order valence-electron chi connectivity index (χ0n) is 24.6. The first-order valence-corrected chi connectivity index (χ1v) is 15.3. The van der Waals surface area contributed by atoms with Crippen molar-refractivity contribution in [2.45, 2.75) is 43.6 Å². The van der Waals surface area contributed by atoms with E-state index in [1.807, 2.05) is 68.5 Å². The summed E-state index contributed by atoms with van der Waals surface area (Å²) < 4.78 is 12.4. The molecule has 3 amide bonds. The molecule has 10 heteroatoms. The zero-order valence-corrected chi connectivity index (χ0v) is 24.6. The number of hydrogen-bond donors (Lipinski definition) is 1. The van der Waals surface area contributed by atoms with Crippen LogP contribution >= 0.6 is 0 Å². The van der Waals surface area contributed by atoms with Gasteiger partial charge in [0.2, 0.25) is 17.7 Å². The molecule has 0 saturated carbocycles. The lowest BCUT2D eigenvalue weighted by molar-refractivity contribution is -0.156. The molecule has 0 aliphatic carbocycles. The summed E-state index contributed by atoms with van der Waals surface area (Å²) in [6.07, 6.45) is 8.44. The highest BCUT2D eigenvalue weighted by Gasteiger charge is 2.75. The molecule has 0 radical (unpaired) electrons. The van der Waals surface area contributed by atoms with Gasteiger partial charge in [-0.3, -0.25) is 19.3 Å². The maximum Gasteiger partial charge on any atom is 0.249 e. The number of carbonyl (C=O) groups is 3. The SMILES string of the molecule is CCCN1CC=C[C@@]2(C)O[C@]34C=CCN(CCN5CCOCC5)C(=O)C3N([C@H](CO)c3ccccc3)C(=O)[C@@H]4[C@H]2C1=O. The summed E-state index contributed by atoms with van der Waals surface area (Å²) in [5.41, 5.74) is -1.68. The standard InChI is InChI=1S/C32H42N4O6/c1-3-13-34-14-7-11-31(2)25(28(34)38)26-29(39)36(24(22-37)23-9-5-4-6-10-23)27-30(40)35(15-8-12-32(26,27)42-31)17-16-33-18-20-41-21-19-33/h4-12,24-27,37H,3,13-22H2,1-2H3/t24-,25+,26+,27?,31-,32+/m1/s1. The van der Waals surface area contributed by atoms with Crippen molar-refractivity contribution in [2.75, 3.05) is 65.6 Å². The van der Waals surface area contributed by atoms with Gasteiger partial charge in [0.25, 0.3) is 0 Å². The monoisotopic (exact) mass is 578 g/mol. The van der Waals surface area contributed by atoms with Crippen LogP contribution in [0.25, 0.3) is 0 Å². The number of aliphatic hydroxyl groups is 1. The van der Waals surface area contributed by atoms with Gasteiger partial charge >= 0.3 is 0 Å². The van der Waals surface area contributed by atoms with E-state index in [4.69, 9.17) is 9.47 Å². The highest BCUT2D eigenvalue weighted by Crippen LogP contribution is 2.58. The number of morpholine rings is 1. The van der Waals surface area contributed by atoms with Crippen LogP contribution in [0.3, 0.4) is 0 Å². The molecule has 1 N–H and O–H groups in total. The van der Waals surface area contributed by atoms with Crippen molar-refractivity contribution in [1.29, 1.82) is 0 Å². The summed E-state index contributed by atoms with van der Waals surface area (Å²) in [5.74, 6) is -2.38. The summed E-state index contributed by atoms with van der Waals surface area (Å²) in [4.78, 5) is 50.9. The van der Waals surface area contributed by atoms with E-state index in [9.17, 15) is 19.5 Å². The molecular weight excluding hydrogens is 536 g/mol. The Balaban J connectivity index is 1.43. The Morgan fingerprint density at radius 2 is 1.60 bits per heavy atom. The number of rotatable bonds is 8. The highest BCUT2D eigenvalue weighted by atomic mass is 16.5. The number of fused-ring (bicyclic) bond motifs is 2. The second-order valence-corrected chi connectivity index (χ2v) is 12.2. The molecule has 0 aromatic heterocycles. The van der Waals surface area contributed by atoms with E-state index in [-0.39, 0.29) is 24.3 Å². The molecule has 5 aliphatic heterocycles. The molecule has 1 aromatic rings. The van der Waals surface area contributed by atoms with Crippen molar-refractivity contribution in [2.24, 2.45) is 11.8 Å². The van der Waals surface area contributed by atoms with Gasteiger partial charge in [0, 0.05) is 45.8 Å². The molecule has 226 valence electrons. The summed E-state index contributed by atoms with van der Waals surface area (Å²) in [5, 5.41) is 10.7. The quantitative estimate of drug-likeness (QED) is 0.463. The highest BCUT2D eigenvalue weighted by molar-refractivity contribution is 6.00. The molecule has 3 saturated heterocycles. The van der Waals surface area contributed by atoms with Gasteiger partial charge in [0.15, 0.2) is 0 Å². The van der Waals surface area contributed by atoms with Crippen LogP contribution < -0.4 is 0 Å². The van der Waals surface area contributed by atoms with Crippen LogP contribution in [0.4, 0.5) is 0 Å². The average molecular weight is 579 g/mol. The van der Waals surface area contributed by atoms with E-state index in [1.165, 1.54) is 4.90 Å². The number of likely N-dealkylation sites (tertiary alicyclic amines) is 1.